The highest BCUT2D eigenvalue weighted by Crippen LogP contribution is 2.11. The van der Waals surface area contributed by atoms with Crippen molar-refractivity contribution < 1.29 is 4.42 Å². The molecule has 0 aliphatic carbocycles. The molecular weight excluding hydrogens is 140 g/mol. The van der Waals surface area contributed by atoms with Crippen molar-refractivity contribution in [3.63, 3.8) is 0 Å². The molecular formula is C8H8N2O. The topological polar surface area (TPSA) is 38.9 Å². The SMILES string of the molecule is Cc1nc2ccoc2nc1C. The van der Waals surface area contributed by atoms with Gasteiger partial charge in [0.05, 0.1) is 17.7 Å². The molecule has 3 nitrogen and oxygen atoms in total. The highest BCUT2D eigenvalue weighted by atomic mass is 16.3. The molecule has 56 valence electrons. The Bertz CT molecular complexity index is 356. The summed E-state index contributed by atoms with van der Waals surface area (Å²) in [4.78, 5) is 8.48. The van der Waals surface area contributed by atoms with Gasteiger partial charge in [-0.25, -0.2) is 9.97 Å². The lowest BCUT2D eigenvalue weighted by Crippen LogP contribution is -1.90. The fraction of sp³-hybridized carbons (Fsp3) is 0.250. The maximum Gasteiger partial charge on any atom is 0.245 e. The summed E-state index contributed by atoms with van der Waals surface area (Å²) in [6.45, 7) is 3.86. The monoisotopic (exact) mass is 148 g/mol. The fourth-order valence-electron chi connectivity index (χ4n) is 0.958. The number of aryl methyl sites for hydroxylation is 2. The Labute approximate surface area is 64.1 Å². The van der Waals surface area contributed by atoms with Gasteiger partial charge in [0, 0.05) is 6.07 Å². The summed E-state index contributed by atoms with van der Waals surface area (Å²) >= 11 is 0. The van der Waals surface area contributed by atoms with Crippen molar-refractivity contribution in [3.05, 3.63) is 23.7 Å². The first-order valence-electron chi connectivity index (χ1n) is 3.46. The summed E-state index contributed by atoms with van der Waals surface area (Å²) < 4.78 is 5.08. The Morgan fingerprint density at radius 1 is 1.18 bits per heavy atom. The van der Waals surface area contributed by atoms with Gasteiger partial charge in [-0.15, -0.1) is 0 Å². The molecule has 0 N–H and O–H groups in total. The average Bonchev–Trinajstić information content (AvgIpc) is 2.36. The van der Waals surface area contributed by atoms with E-state index in [4.69, 9.17) is 4.42 Å². The molecule has 0 atom stereocenters. The van der Waals surface area contributed by atoms with Crippen LogP contribution < -0.4 is 0 Å². The van der Waals surface area contributed by atoms with Crippen LogP contribution in [0.25, 0.3) is 11.2 Å². The van der Waals surface area contributed by atoms with E-state index in [0.29, 0.717) is 5.71 Å². The minimum atomic E-state index is 0.619. The molecule has 0 aliphatic rings. The Kier molecular flexibility index (Phi) is 1.18. The second kappa shape index (κ2) is 2.05. The first-order valence-corrected chi connectivity index (χ1v) is 3.46. The smallest absolute Gasteiger partial charge is 0.245 e. The number of nitrogens with zero attached hydrogens (tertiary/aromatic N) is 2. The predicted molar refractivity (Wildman–Crippen MR) is 41.3 cm³/mol. The average molecular weight is 148 g/mol. The van der Waals surface area contributed by atoms with E-state index in [1.54, 1.807) is 6.26 Å². The van der Waals surface area contributed by atoms with Gasteiger partial charge in [-0.3, -0.25) is 0 Å². The van der Waals surface area contributed by atoms with E-state index >= 15 is 0 Å². The van der Waals surface area contributed by atoms with E-state index in [1.807, 2.05) is 19.9 Å². The molecule has 2 heterocycles. The van der Waals surface area contributed by atoms with Gasteiger partial charge in [0.1, 0.15) is 5.52 Å². The van der Waals surface area contributed by atoms with Gasteiger partial charge in [0.15, 0.2) is 0 Å². The van der Waals surface area contributed by atoms with Gasteiger partial charge >= 0.3 is 0 Å². The minimum absolute atomic E-state index is 0.619. The third-order valence-electron chi connectivity index (χ3n) is 1.71. The van der Waals surface area contributed by atoms with Crippen molar-refractivity contribution in [2.75, 3.05) is 0 Å². The fourth-order valence-corrected chi connectivity index (χ4v) is 0.958. The van der Waals surface area contributed by atoms with Crippen LogP contribution in [0, 0.1) is 13.8 Å². The molecule has 0 spiro atoms. The lowest BCUT2D eigenvalue weighted by Gasteiger charge is -1.95. The summed E-state index contributed by atoms with van der Waals surface area (Å²) in [7, 11) is 0. The molecule has 11 heavy (non-hydrogen) atoms. The van der Waals surface area contributed by atoms with Gasteiger partial charge in [-0.1, -0.05) is 0 Å². The highest BCUT2D eigenvalue weighted by Gasteiger charge is 2.01. The van der Waals surface area contributed by atoms with Crippen molar-refractivity contribution in [1.29, 1.82) is 0 Å². The summed E-state index contributed by atoms with van der Waals surface area (Å²) in [5.74, 6) is 0. The summed E-state index contributed by atoms with van der Waals surface area (Å²) in [6, 6.07) is 1.81. The third kappa shape index (κ3) is 0.888. The van der Waals surface area contributed by atoms with Crippen LogP contribution in [0.15, 0.2) is 16.7 Å². The lowest BCUT2D eigenvalue weighted by molar-refractivity contribution is 0.601. The quantitative estimate of drug-likeness (QED) is 0.572. The van der Waals surface area contributed by atoms with Crippen LogP contribution in [-0.4, -0.2) is 9.97 Å². The Morgan fingerprint density at radius 3 is 2.73 bits per heavy atom. The number of aromatic nitrogens is 2. The summed E-state index contributed by atoms with van der Waals surface area (Å²) in [5, 5.41) is 0. The van der Waals surface area contributed by atoms with Gasteiger partial charge in [-0.2, -0.15) is 0 Å². The highest BCUT2D eigenvalue weighted by molar-refractivity contribution is 5.67. The number of hydrogen-bond donors (Lipinski definition) is 0. The largest absolute Gasteiger partial charge is 0.445 e. The standard InChI is InChI=1S/C8H8N2O/c1-5-6(2)10-8-7(9-5)3-4-11-8/h3-4H,1-2H3. The van der Waals surface area contributed by atoms with Crippen molar-refractivity contribution in [3.8, 4) is 0 Å². The van der Waals surface area contributed by atoms with Crippen LogP contribution in [0.1, 0.15) is 11.4 Å². The molecule has 0 saturated heterocycles. The van der Waals surface area contributed by atoms with E-state index in [9.17, 15) is 0 Å². The number of rotatable bonds is 0. The van der Waals surface area contributed by atoms with Gasteiger partial charge in [0.2, 0.25) is 5.71 Å². The van der Waals surface area contributed by atoms with Crippen molar-refractivity contribution in [1.82, 2.24) is 9.97 Å². The molecule has 2 aromatic heterocycles. The number of furan rings is 1. The zero-order valence-electron chi connectivity index (χ0n) is 6.46. The van der Waals surface area contributed by atoms with Crippen LogP contribution in [0.4, 0.5) is 0 Å². The Balaban J connectivity index is 2.86. The number of fused-ring (bicyclic) bond motifs is 1. The van der Waals surface area contributed by atoms with Crippen LogP contribution in [0.2, 0.25) is 0 Å². The first kappa shape index (κ1) is 6.34. The maximum atomic E-state index is 5.08. The van der Waals surface area contributed by atoms with E-state index in [-0.39, 0.29) is 0 Å². The van der Waals surface area contributed by atoms with Crippen molar-refractivity contribution in [2.24, 2.45) is 0 Å². The molecule has 0 unspecified atom stereocenters. The Hall–Kier alpha value is -1.38. The van der Waals surface area contributed by atoms with Crippen LogP contribution in [-0.2, 0) is 0 Å². The minimum Gasteiger partial charge on any atom is -0.445 e. The summed E-state index contributed by atoms with van der Waals surface area (Å²) in [5.41, 5.74) is 3.33. The molecule has 0 saturated carbocycles. The van der Waals surface area contributed by atoms with E-state index in [1.165, 1.54) is 0 Å². The molecule has 0 aromatic carbocycles. The van der Waals surface area contributed by atoms with E-state index in [0.717, 1.165) is 16.9 Å². The molecule has 0 bridgehead atoms. The van der Waals surface area contributed by atoms with Crippen LogP contribution in [0.3, 0.4) is 0 Å². The van der Waals surface area contributed by atoms with E-state index < -0.39 is 0 Å². The van der Waals surface area contributed by atoms with Crippen molar-refractivity contribution in [2.45, 2.75) is 13.8 Å². The van der Waals surface area contributed by atoms with Crippen LogP contribution in [0.5, 0.6) is 0 Å². The van der Waals surface area contributed by atoms with E-state index in [2.05, 4.69) is 9.97 Å². The van der Waals surface area contributed by atoms with Gasteiger partial charge in [0.25, 0.3) is 0 Å². The molecule has 2 rings (SSSR count). The van der Waals surface area contributed by atoms with Gasteiger partial charge in [-0.05, 0) is 13.8 Å². The normalized spacial score (nSPS) is 10.7. The zero-order chi connectivity index (χ0) is 7.84. The third-order valence-corrected chi connectivity index (χ3v) is 1.71. The molecule has 0 radical (unpaired) electrons. The van der Waals surface area contributed by atoms with Crippen molar-refractivity contribution >= 4 is 11.2 Å². The maximum absolute atomic E-state index is 5.08. The van der Waals surface area contributed by atoms with Crippen LogP contribution >= 0.6 is 0 Å². The molecule has 2 aromatic rings. The lowest BCUT2D eigenvalue weighted by atomic mass is 10.3. The summed E-state index contributed by atoms with van der Waals surface area (Å²) in [6.07, 6.45) is 1.60. The first-order chi connectivity index (χ1) is 5.27. The predicted octanol–water partition coefficient (Wildman–Crippen LogP) is 1.84. The molecule has 0 amide bonds. The van der Waals surface area contributed by atoms with Gasteiger partial charge < -0.3 is 4.42 Å². The second-order valence-electron chi connectivity index (χ2n) is 2.51. The second-order valence-corrected chi connectivity index (χ2v) is 2.51. The number of hydrogen-bond acceptors (Lipinski definition) is 3. The Morgan fingerprint density at radius 2 is 1.91 bits per heavy atom. The molecule has 0 fully saturated rings. The molecule has 3 heteroatoms. The zero-order valence-corrected chi connectivity index (χ0v) is 6.46. The molecule has 0 aliphatic heterocycles.